The molecule has 31 heavy (non-hydrogen) atoms. The molecule has 4 atom stereocenters. The Morgan fingerprint density at radius 2 is 2.06 bits per heavy atom. The lowest BCUT2D eigenvalue weighted by Crippen LogP contribution is -2.41. The zero-order valence-electron chi connectivity index (χ0n) is 16.0. The SMILES string of the molecule is N#C[C@@]1(c2ccc3c(N)ncnn23)O[C@H](COC(=O)OCC2CC(F)(F)C2)[C@@H](O)[C@H]1O. The Hall–Kier alpha value is -3.08. The molecule has 0 aromatic carbocycles. The normalized spacial score (nSPS) is 30.0. The highest BCUT2D eigenvalue weighted by Crippen LogP contribution is 2.42. The molecular weight excluding hydrogens is 420 g/mol. The number of alkyl halides is 2. The third kappa shape index (κ3) is 3.62. The molecule has 0 unspecified atom stereocenters. The van der Waals surface area contributed by atoms with Gasteiger partial charge in [0.15, 0.2) is 5.82 Å². The van der Waals surface area contributed by atoms with E-state index in [0.29, 0.717) is 5.52 Å². The first-order valence-electron chi connectivity index (χ1n) is 9.38. The minimum absolute atomic E-state index is 0.0987. The molecule has 2 aromatic rings. The summed E-state index contributed by atoms with van der Waals surface area (Å²) in [6, 6.07) is 4.83. The monoisotopic (exact) mass is 439 g/mol. The van der Waals surface area contributed by atoms with Crippen LogP contribution in [0.4, 0.5) is 19.4 Å². The maximum Gasteiger partial charge on any atom is 0.508 e. The van der Waals surface area contributed by atoms with Gasteiger partial charge in [-0.05, 0) is 12.1 Å². The van der Waals surface area contributed by atoms with E-state index in [2.05, 4.69) is 10.1 Å². The molecule has 3 heterocycles. The molecule has 4 N–H and O–H groups in total. The lowest BCUT2D eigenvalue weighted by atomic mass is 9.82. The fourth-order valence-corrected chi connectivity index (χ4v) is 3.83. The van der Waals surface area contributed by atoms with E-state index in [1.54, 1.807) is 0 Å². The number of nitrogen functional groups attached to an aromatic ring is 1. The average Bonchev–Trinajstić information content (AvgIpc) is 3.25. The molecule has 1 saturated carbocycles. The van der Waals surface area contributed by atoms with Crippen LogP contribution in [0.15, 0.2) is 18.5 Å². The van der Waals surface area contributed by atoms with Crippen LogP contribution in [-0.4, -0.2) is 68.4 Å². The van der Waals surface area contributed by atoms with Gasteiger partial charge >= 0.3 is 6.16 Å². The van der Waals surface area contributed by atoms with Crippen LogP contribution in [0.3, 0.4) is 0 Å². The molecule has 4 rings (SSSR count). The zero-order chi connectivity index (χ0) is 22.4. The van der Waals surface area contributed by atoms with Crippen molar-refractivity contribution in [3.05, 3.63) is 24.2 Å². The number of carbonyl (C=O) groups is 1. The van der Waals surface area contributed by atoms with E-state index >= 15 is 0 Å². The number of fused-ring (bicyclic) bond motifs is 1. The number of halogens is 2. The van der Waals surface area contributed by atoms with Crippen LogP contribution in [0.25, 0.3) is 5.52 Å². The Morgan fingerprint density at radius 3 is 2.74 bits per heavy atom. The number of nitrogens with zero attached hydrogens (tertiary/aromatic N) is 4. The van der Waals surface area contributed by atoms with E-state index in [4.69, 9.17) is 19.9 Å². The van der Waals surface area contributed by atoms with Gasteiger partial charge in [-0.1, -0.05) is 0 Å². The first kappa shape index (κ1) is 21.2. The number of aliphatic hydroxyl groups excluding tert-OH is 2. The lowest BCUT2D eigenvalue weighted by molar-refractivity contribution is -0.126. The molecule has 1 saturated heterocycles. The maximum absolute atomic E-state index is 12.8. The van der Waals surface area contributed by atoms with Gasteiger partial charge in [-0.15, -0.1) is 0 Å². The quantitative estimate of drug-likeness (QED) is 0.553. The number of carbonyl (C=O) groups excluding carboxylic acids is 1. The molecular formula is C18H19F2N5O6. The number of nitrogens with two attached hydrogens (primary N) is 1. The standard InChI is InChI=1S/C18H19F2N5O6/c19-17(20)3-9(4-17)5-29-16(28)30-6-11-13(26)14(27)18(7-21,31-11)12-2-1-10-15(22)23-8-24-25(10)12/h1-2,8-9,11,13-14,26-27H,3-6H2,(H2,22,23,24)/t11-,13-,14-,18+/m1/s1. The Morgan fingerprint density at radius 1 is 1.35 bits per heavy atom. The number of hydrogen-bond donors (Lipinski definition) is 3. The Balaban J connectivity index is 1.42. The summed E-state index contributed by atoms with van der Waals surface area (Å²) in [4.78, 5) is 15.6. The van der Waals surface area contributed by atoms with Gasteiger partial charge in [0.2, 0.25) is 11.5 Å². The second-order valence-corrected chi connectivity index (χ2v) is 7.60. The van der Waals surface area contributed by atoms with Crippen molar-refractivity contribution in [2.75, 3.05) is 18.9 Å². The number of anilines is 1. The van der Waals surface area contributed by atoms with Crippen molar-refractivity contribution in [3.63, 3.8) is 0 Å². The van der Waals surface area contributed by atoms with Gasteiger partial charge in [0.1, 0.15) is 42.8 Å². The van der Waals surface area contributed by atoms with E-state index < -0.39 is 48.5 Å². The lowest BCUT2D eigenvalue weighted by Gasteiger charge is -2.34. The van der Waals surface area contributed by atoms with Gasteiger partial charge in [0, 0.05) is 18.8 Å². The highest BCUT2D eigenvalue weighted by atomic mass is 19.3. The molecule has 1 aliphatic carbocycles. The number of nitriles is 1. The van der Waals surface area contributed by atoms with Crippen LogP contribution in [0, 0.1) is 17.2 Å². The van der Waals surface area contributed by atoms with Crippen molar-refractivity contribution in [2.24, 2.45) is 5.92 Å². The van der Waals surface area contributed by atoms with Gasteiger partial charge in [-0.3, -0.25) is 0 Å². The Labute approximate surface area is 173 Å². The summed E-state index contributed by atoms with van der Waals surface area (Å²) in [5.41, 5.74) is 4.22. The van der Waals surface area contributed by atoms with Gasteiger partial charge < -0.3 is 30.2 Å². The second kappa shape index (κ2) is 7.56. The van der Waals surface area contributed by atoms with E-state index in [1.165, 1.54) is 16.6 Å². The minimum Gasteiger partial charge on any atom is -0.434 e. The van der Waals surface area contributed by atoms with Crippen molar-refractivity contribution in [1.82, 2.24) is 14.6 Å². The highest BCUT2D eigenvalue weighted by Gasteiger charge is 2.58. The Kier molecular flexibility index (Phi) is 5.16. The fourth-order valence-electron chi connectivity index (χ4n) is 3.83. The average molecular weight is 439 g/mol. The molecule has 0 amide bonds. The van der Waals surface area contributed by atoms with E-state index in [1.807, 2.05) is 6.07 Å². The molecule has 13 heteroatoms. The van der Waals surface area contributed by atoms with Gasteiger partial charge in [0.05, 0.1) is 12.3 Å². The molecule has 0 radical (unpaired) electrons. The molecule has 0 spiro atoms. The van der Waals surface area contributed by atoms with Crippen LogP contribution in [0.2, 0.25) is 0 Å². The second-order valence-electron chi connectivity index (χ2n) is 7.60. The molecule has 166 valence electrons. The molecule has 0 bridgehead atoms. The summed E-state index contributed by atoms with van der Waals surface area (Å²) >= 11 is 0. The number of hydrogen-bond acceptors (Lipinski definition) is 10. The summed E-state index contributed by atoms with van der Waals surface area (Å²) in [6.45, 7) is -0.758. The van der Waals surface area contributed by atoms with Crippen LogP contribution in [0.5, 0.6) is 0 Å². The molecule has 2 fully saturated rings. The van der Waals surface area contributed by atoms with Crippen molar-refractivity contribution in [3.8, 4) is 6.07 Å². The minimum atomic E-state index is -2.73. The van der Waals surface area contributed by atoms with E-state index in [9.17, 15) is 29.1 Å². The number of ether oxygens (including phenoxy) is 3. The van der Waals surface area contributed by atoms with Gasteiger partial charge in [-0.2, -0.15) is 10.4 Å². The van der Waals surface area contributed by atoms with Crippen LogP contribution >= 0.6 is 0 Å². The number of rotatable bonds is 5. The largest absolute Gasteiger partial charge is 0.508 e. The summed E-state index contributed by atoms with van der Waals surface area (Å²) in [6.07, 6.45) is -5.25. The number of aromatic nitrogens is 3. The first-order chi connectivity index (χ1) is 14.7. The van der Waals surface area contributed by atoms with Crippen molar-refractivity contribution >= 4 is 17.5 Å². The predicted octanol–water partition coefficient (Wildman–Crippen LogP) is 0.349. The Bertz CT molecular complexity index is 1030. The molecule has 11 nitrogen and oxygen atoms in total. The number of aliphatic hydroxyl groups is 2. The molecule has 2 aromatic heterocycles. The summed E-state index contributed by atoms with van der Waals surface area (Å²) in [5.74, 6) is -3.04. The topological polar surface area (TPSA) is 165 Å². The van der Waals surface area contributed by atoms with Gasteiger partial charge in [-0.25, -0.2) is 23.1 Å². The van der Waals surface area contributed by atoms with Crippen molar-refractivity contribution in [2.45, 2.75) is 42.7 Å². The molecule has 1 aliphatic heterocycles. The van der Waals surface area contributed by atoms with Crippen LogP contribution in [0.1, 0.15) is 18.5 Å². The molecule has 2 aliphatic rings. The van der Waals surface area contributed by atoms with Crippen molar-refractivity contribution in [1.29, 1.82) is 5.26 Å². The third-order valence-electron chi connectivity index (χ3n) is 5.46. The highest BCUT2D eigenvalue weighted by molar-refractivity contribution is 5.66. The fraction of sp³-hybridized carbons (Fsp3) is 0.556. The maximum atomic E-state index is 12.8. The van der Waals surface area contributed by atoms with Crippen LogP contribution < -0.4 is 5.73 Å². The van der Waals surface area contributed by atoms with E-state index in [0.717, 1.165) is 6.33 Å². The smallest absolute Gasteiger partial charge is 0.434 e. The van der Waals surface area contributed by atoms with Crippen LogP contribution in [-0.2, 0) is 19.8 Å². The summed E-state index contributed by atoms with van der Waals surface area (Å²) in [7, 11) is 0. The first-order valence-corrected chi connectivity index (χ1v) is 9.38. The van der Waals surface area contributed by atoms with Gasteiger partial charge in [0.25, 0.3) is 0 Å². The zero-order valence-corrected chi connectivity index (χ0v) is 16.0. The van der Waals surface area contributed by atoms with Crippen molar-refractivity contribution < 1.29 is 38.0 Å². The third-order valence-corrected chi connectivity index (χ3v) is 5.46. The summed E-state index contributed by atoms with van der Waals surface area (Å²) in [5, 5.41) is 34.8. The van der Waals surface area contributed by atoms with E-state index in [-0.39, 0.29) is 31.0 Å². The predicted molar refractivity (Wildman–Crippen MR) is 96.5 cm³/mol. The summed E-state index contributed by atoms with van der Waals surface area (Å²) < 4.78 is 42.2.